The highest BCUT2D eigenvalue weighted by Gasteiger charge is 2.28. The van der Waals surface area contributed by atoms with Gasteiger partial charge in [0.1, 0.15) is 5.75 Å². The fourth-order valence-corrected chi connectivity index (χ4v) is 4.83. The smallest absolute Gasteiger partial charge is 0.243 e. The lowest BCUT2D eigenvalue weighted by molar-refractivity contribution is 0.180. The van der Waals surface area contributed by atoms with E-state index in [9.17, 15) is 8.42 Å². The molecule has 1 fully saturated rings. The van der Waals surface area contributed by atoms with Crippen molar-refractivity contribution in [3.8, 4) is 5.75 Å². The third-order valence-corrected chi connectivity index (χ3v) is 6.85. The van der Waals surface area contributed by atoms with E-state index in [2.05, 4.69) is 15.1 Å². The van der Waals surface area contributed by atoms with Crippen molar-refractivity contribution in [1.29, 1.82) is 0 Å². The van der Waals surface area contributed by atoms with Crippen LogP contribution in [0.15, 0.2) is 53.4 Å². The van der Waals surface area contributed by atoms with Crippen LogP contribution in [0.3, 0.4) is 0 Å². The minimum Gasteiger partial charge on any atom is -0.497 e. The molecule has 0 radical (unpaired) electrons. The minimum absolute atomic E-state index is 0.352. The van der Waals surface area contributed by atoms with Gasteiger partial charge in [0.05, 0.1) is 23.2 Å². The number of fused-ring (bicyclic) bond motifs is 1. The number of methoxy groups -OCH3 is 1. The second-order valence-corrected chi connectivity index (χ2v) is 8.52. The van der Waals surface area contributed by atoms with Crippen molar-refractivity contribution in [2.24, 2.45) is 0 Å². The maximum Gasteiger partial charge on any atom is 0.243 e. The molecule has 0 saturated carbocycles. The number of nitrogens with zero attached hydrogens (tertiary/aromatic N) is 3. The summed E-state index contributed by atoms with van der Waals surface area (Å²) in [6, 6.07) is 14.4. The van der Waals surface area contributed by atoms with Gasteiger partial charge in [-0.25, -0.2) is 8.42 Å². The summed E-state index contributed by atoms with van der Waals surface area (Å²) >= 11 is 0. The molecule has 8 heteroatoms. The maximum absolute atomic E-state index is 12.7. The Morgan fingerprint density at radius 3 is 2.52 bits per heavy atom. The number of piperazine rings is 1. The molecule has 3 aromatic rings. The van der Waals surface area contributed by atoms with Crippen LogP contribution in [0.5, 0.6) is 5.75 Å². The number of sulfonamides is 1. The van der Waals surface area contributed by atoms with Crippen LogP contribution in [0, 0.1) is 0 Å². The van der Waals surface area contributed by atoms with E-state index < -0.39 is 10.0 Å². The Morgan fingerprint density at radius 2 is 1.81 bits per heavy atom. The zero-order valence-corrected chi connectivity index (χ0v) is 15.9. The van der Waals surface area contributed by atoms with E-state index in [0.29, 0.717) is 37.6 Å². The van der Waals surface area contributed by atoms with Gasteiger partial charge in [0.15, 0.2) is 0 Å². The summed E-state index contributed by atoms with van der Waals surface area (Å²) in [7, 11) is -1.78. The third kappa shape index (κ3) is 3.55. The van der Waals surface area contributed by atoms with Crippen LogP contribution in [0.25, 0.3) is 10.9 Å². The molecule has 1 saturated heterocycles. The lowest BCUT2D eigenvalue weighted by Gasteiger charge is -2.33. The number of aromatic amines is 1. The molecular formula is C19H22N4O3S. The van der Waals surface area contributed by atoms with Crippen molar-refractivity contribution in [2.45, 2.75) is 11.4 Å². The van der Waals surface area contributed by atoms with E-state index in [1.54, 1.807) is 35.7 Å². The topological polar surface area (TPSA) is 78.5 Å². The summed E-state index contributed by atoms with van der Waals surface area (Å²) in [4.78, 5) is 2.59. The van der Waals surface area contributed by atoms with Gasteiger partial charge in [-0.2, -0.15) is 9.40 Å². The van der Waals surface area contributed by atoms with Gasteiger partial charge in [-0.1, -0.05) is 18.2 Å². The Balaban J connectivity index is 1.44. The standard InChI is InChI=1S/C19H22N4O3S/c1-26-15-7-8-18-17(13-15)19(21-20-18)14-22-9-11-23(12-10-22)27(24,25)16-5-3-2-4-6-16/h2-8,13H,9-12,14H2,1H3,(H,20,21). The molecule has 0 unspecified atom stereocenters. The number of benzene rings is 2. The second-order valence-electron chi connectivity index (χ2n) is 6.58. The molecule has 1 aromatic heterocycles. The lowest BCUT2D eigenvalue weighted by Crippen LogP contribution is -2.48. The Bertz CT molecular complexity index is 1030. The van der Waals surface area contributed by atoms with E-state index in [0.717, 1.165) is 22.3 Å². The van der Waals surface area contributed by atoms with Crippen LogP contribution >= 0.6 is 0 Å². The first kappa shape index (κ1) is 18.0. The fraction of sp³-hybridized carbons (Fsp3) is 0.316. The molecule has 1 aliphatic heterocycles. The van der Waals surface area contributed by atoms with Crippen molar-refractivity contribution >= 4 is 20.9 Å². The summed E-state index contributed by atoms with van der Waals surface area (Å²) in [5.41, 5.74) is 1.92. The van der Waals surface area contributed by atoms with Gasteiger partial charge >= 0.3 is 0 Å². The summed E-state index contributed by atoms with van der Waals surface area (Å²) in [5.74, 6) is 0.795. The van der Waals surface area contributed by atoms with Gasteiger partial charge in [-0.3, -0.25) is 10.00 Å². The number of hydrogen-bond donors (Lipinski definition) is 1. The molecule has 4 rings (SSSR count). The lowest BCUT2D eigenvalue weighted by atomic mass is 10.2. The average molecular weight is 386 g/mol. The Morgan fingerprint density at radius 1 is 1.07 bits per heavy atom. The summed E-state index contributed by atoms with van der Waals surface area (Å²) < 4.78 is 32.3. The van der Waals surface area contributed by atoms with E-state index >= 15 is 0 Å². The van der Waals surface area contributed by atoms with Gasteiger partial charge < -0.3 is 4.74 Å². The molecule has 0 amide bonds. The van der Waals surface area contributed by atoms with Crippen molar-refractivity contribution in [3.05, 3.63) is 54.2 Å². The molecule has 1 aliphatic rings. The first-order chi connectivity index (χ1) is 13.1. The molecule has 142 valence electrons. The van der Waals surface area contributed by atoms with Crippen LogP contribution in [-0.2, 0) is 16.6 Å². The Hall–Kier alpha value is -2.42. The molecule has 27 heavy (non-hydrogen) atoms. The average Bonchev–Trinajstić information content (AvgIpc) is 3.11. The summed E-state index contributed by atoms with van der Waals surface area (Å²) in [6.07, 6.45) is 0. The molecule has 0 bridgehead atoms. The first-order valence-electron chi connectivity index (χ1n) is 8.86. The molecule has 7 nitrogen and oxygen atoms in total. The molecular weight excluding hydrogens is 364 g/mol. The minimum atomic E-state index is -3.42. The van der Waals surface area contributed by atoms with Crippen molar-refractivity contribution < 1.29 is 13.2 Å². The quantitative estimate of drug-likeness (QED) is 0.726. The molecule has 2 heterocycles. The van der Waals surface area contributed by atoms with Crippen LogP contribution < -0.4 is 4.74 Å². The predicted octanol–water partition coefficient (Wildman–Crippen LogP) is 2.08. The number of aromatic nitrogens is 2. The Kier molecular flexibility index (Phi) is 4.86. The molecule has 0 spiro atoms. The normalized spacial score (nSPS) is 16.6. The highest BCUT2D eigenvalue weighted by Crippen LogP contribution is 2.24. The molecule has 0 atom stereocenters. The number of rotatable bonds is 5. The fourth-order valence-electron chi connectivity index (χ4n) is 3.38. The zero-order chi connectivity index (χ0) is 18.9. The SMILES string of the molecule is COc1ccc2n[nH]c(CN3CCN(S(=O)(=O)c4ccccc4)CC3)c2c1. The monoisotopic (exact) mass is 386 g/mol. The van der Waals surface area contributed by atoms with Gasteiger partial charge in [0, 0.05) is 38.1 Å². The van der Waals surface area contributed by atoms with Gasteiger partial charge in [-0.05, 0) is 30.3 Å². The molecule has 1 N–H and O–H groups in total. The van der Waals surface area contributed by atoms with Gasteiger partial charge in [-0.15, -0.1) is 0 Å². The highest BCUT2D eigenvalue weighted by molar-refractivity contribution is 7.89. The van der Waals surface area contributed by atoms with E-state index in [1.165, 1.54) is 0 Å². The molecule has 2 aromatic carbocycles. The van der Waals surface area contributed by atoms with Crippen LogP contribution in [-0.4, -0.2) is 61.1 Å². The van der Waals surface area contributed by atoms with Gasteiger partial charge in [0.25, 0.3) is 0 Å². The largest absolute Gasteiger partial charge is 0.497 e. The van der Waals surface area contributed by atoms with E-state index in [4.69, 9.17) is 4.74 Å². The number of H-pyrrole nitrogens is 1. The van der Waals surface area contributed by atoms with Gasteiger partial charge in [0.2, 0.25) is 10.0 Å². The number of hydrogen-bond acceptors (Lipinski definition) is 5. The van der Waals surface area contributed by atoms with Crippen molar-refractivity contribution in [2.75, 3.05) is 33.3 Å². The van der Waals surface area contributed by atoms with Crippen molar-refractivity contribution in [3.63, 3.8) is 0 Å². The predicted molar refractivity (Wildman–Crippen MR) is 103 cm³/mol. The van der Waals surface area contributed by atoms with Crippen molar-refractivity contribution in [1.82, 2.24) is 19.4 Å². The summed E-state index contributed by atoms with van der Waals surface area (Å²) in [5, 5.41) is 8.48. The van der Waals surface area contributed by atoms with Crippen LogP contribution in [0.4, 0.5) is 0 Å². The van der Waals surface area contributed by atoms with E-state index in [-0.39, 0.29) is 0 Å². The second kappa shape index (κ2) is 7.30. The highest BCUT2D eigenvalue weighted by atomic mass is 32.2. The first-order valence-corrected chi connectivity index (χ1v) is 10.3. The number of ether oxygens (including phenoxy) is 1. The zero-order valence-electron chi connectivity index (χ0n) is 15.1. The third-order valence-electron chi connectivity index (χ3n) is 4.93. The van der Waals surface area contributed by atoms with Crippen LogP contribution in [0.2, 0.25) is 0 Å². The number of nitrogens with one attached hydrogen (secondary N) is 1. The Labute approximate surface area is 158 Å². The summed E-state index contributed by atoms with van der Waals surface area (Å²) in [6.45, 7) is 3.01. The maximum atomic E-state index is 12.7. The van der Waals surface area contributed by atoms with Crippen LogP contribution in [0.1, 0.15) is 5.69 Å². The molecule has 0 aliphatic carbocycles. The van der Waals surface area contributed by atoms with E-state index in [1.807, 2.05) is 24.3 Å².